The second-order valence-corrected chi connectivity index (χ2v) is 10.4. The van der Waals surface area contributed by atoms with Gasteiger partial charge >= 0.3 is 0 Å². The van der Waals surface area contributed by atoms with Gasteiger partial charge in [0.25, 0.3) is 5.91 Å². The maximum absolute atomic E-state index is 13.5. The molecule has 2 aliphatic heterocycles. The molecule has 0 N–H and O–H groups in total. The first kappa shape index (κ1) is 23.1. The van der Waals surface area contributed by atoms with Crippen LogP contribution in [0.5, 0.6) is 0 Å². The molecule has 1 amide bonds. The van der Waals surface area contributed by atoms with Crippen molar-refractivity contribution in [2.24, 2.45) is 4.99 Å². The number of benzene rings is 2. The van der Waals surface area contributed by atoms with E-state index in [2.05, 4.69) is 62.0 Å². The summed E-state index contributed by atoms with van der Waals surface area (Å²) in [5.74, 6) is -0.0447. The van der Waals surface area contributed by atoms with Crippen LogP contribution >= 0.6 is 11.8 Å². The molecular weight excluding hydrogens is 452 g/mol. The standard InChI is InChI=1S/C29H28N4OS/c1-20-17-29(2,3)32(4)25-13-12-21(15-24(20)25)16-26-27(34)33(19-22-9-8-14-30-18-22)28(35-26)31-23-10-6-5-7-11-23/h5-18H,19H2,1-4H3/b26-16+,31-28?. The van der Waals surface area contributed by atoms with E-state index in [1.807, 2.05) is 48.5 Å². The molecule has 35 heavy (non-hydrogen) atoms. The minimum Gasteiger partial charge on any atom is -0.366 e. The highest BCUT2D eigenvalue weighted by molar-refractivity contribution is 8.18. The largest absolute Gasteiger partial charge is 0.366 e. The normalized spacial score (nSPS) is 19.3. The Bertz CT molecular complexity index is 1360. The molecule has 1 aromatic heterocycles. The molecule has 3 aromatic rings. The molecule has 0 aliphatic carbocycles. The van der Waals surface area contributed by atoms with E-state index in [0.29, 0.717) is 16.6 Å². The van der Waals surface area contributed by atoms with Gasteiger partial charge in [0.05, 0.1) is 22.7 Å². The predicted molar refractivity (Wildman–Crippen MR) is 146 cm³/mol. The molecule has 0 atom stereocenters. The van der Waals surface area contributed by atoms with Gasteiger partial charge in [-0.1, -0.05) is 36.4 Å². The number of para-hydroxylation sites is 1. The summed E-state index contributed by atoms with van der Waals surface area (Å²) in [7, 11) is 2.12. The molecule has 1 fully saturated rings. The smallest absolute Gasteiger partial charge is 0.267 e. The Morgan fingerprint density at radius 1 is 1.09 bits per heavy atom. The van der Waals surface area contributed by atoms with Crippen LogP contribution in [0.4, 0.5) is 11.4 Å². The van der Waals surface area contributed by atoms with Gasteiger partial charge in [-0.2, -0.15) is 0 Å². The zero-order valence-electron chi connectivity index (χ0n) is 20.4. The zero-order chi connectivity index (χ0) is 24.6. The van der Waals surface area contributed by atoms with Crippen LogP contribution in [-0.4, -0.2) is 33.5 Å². The molecule has 5 nitrogen and oxygen atoms in total. The molecule has 2 aromatic carbocycles. The number of carbonyl (C=O) groups excluding carboxylic acids is 1. The van der Waals surface area contributed by atoms with Crippen molar-refractivity contribution < 1.29 is 4.79 Å². The van der Waals surface area contributed by atoms with Crippen molar-refractivity contribution in [3.63, 3.8) is 0 Å². The Kier molecular flexibility index (Phi) is 6.07. The number of aliphatic imine (C=N–C) groups is 1. The number of carbonyl (C=O) groups is 1. The highest BCUT2D eigenvalue weighted by Crippen LogP contribution is 2.40. The van der Waals surface area contributed by atoms with Crippen LogP contribution in [0.1, 0.15) is 37.5 Å². The Balaban J connectivity index is 1.51. The van der Waals surface area contributed by atoms with Crippen LogP contribution in [0.25, 0.3) is 11.6 Å². The summed E-state index contributed by atoms with van der Waals surface area (Å²) in [6, 6.07) is 20.0. The van der Waals surface area contributed by atoms with Gasteiger partial charge < -0.3 is 4.90 Å². The Morgan fingerprint density at radius 2 is 1.89 bits per heavy atom. The number of allylic oxidation sites excluding steroid dienone is 1. The fourth-order valence-electron chi connectivity index (χ4n) is 4.44. The molecule has 0 saturated carbocycles. The van der Waals surface area contributed by atoms with E-state index < -0.39 is 0 Å². The van der Waals surface area contributed by atoms with Gasteiger partial charge in [-0.05, 0) is 85.6 Å². The van der Waals surface area contributed by atoms with Crippen LogP contribution in [0, 0.1) is 0 Å². The minimum atomic E-state index is -0.0447. The molecule has 0 spiro atoms. The SMILES string of the molecule is CC1=CC(C)(C)N(C)c2ccc(/C=C3/SC(=Nc4ccccc4)N(Cc4cccnc4)C3=O)cc21. The summed E-state index contributed by atoms with van der Waals surface area (Å²) >= 11 is 1.42. The van der Waals surface area contributed by atoms with Gasteiger partial charge in [0.1, 0.15) is 0 Å². The molecule has 3 heterocycles. The highest BCUT2D eigenvalue weighted by Gasteiger charge is 2.34. The summed E-state index contributed by atoms with van der Waals surface area (Å²) in [5, 5.41) is 0.673. The van der Waals surface area contributed by atoms with E-state index in [9.17, 15) is 4.79 Å². The first-order chi connectivity index (χ1) is 16.8. The summed E-state index contributed by atoms with van der Waals surface area (Å²) in [4.78, 5) is 27.2. The van der Waals surface area contributed by atoms with E-state index >= 15 is 0 Å². The number of likely N-dealkylation sites (N-methyl/N-ethyl adjacent to an activating group) is 1. The summed E-state index contributed by atoms with van der Waals surface area (Å²) in [6.45, 7) is 7.01. The maximum atomic E-state index is 13.5. The first-order valence-corrected chi connectivity index (χ1v) is 12.5. The molecule has 5 rings (SSSR count). The number of nitrogens with zero attached hydrogens (tertiary/aromatic N) is 4. The molecule has 2 aliphatic rings. The van der Waals surface area contributed by atoms with Crippen molar-refractivity contribution in [2.45, 2.75) is 32.9 Å². The second-order valence-electron chi connectivity index (χ2n) is 9.41. The van der Waals surface area contributed by atoms with E-state index in [0.717, 1.165) is 16.8 Å². The molecule has 1 saturated heterocycles. The number of pyridine rings is 1. The third kappa shape index (κ3) is 4.66. The first-order valence-electron chi connectivity index (χ1n) is 11.6. The van der Waals surface area contributed by atoms with Gasteiger partial charge in [0.15, 0.2) is 5.17 Å². The number of hydrogen-bond acceptors (Lipinski definition) is 5. The molecular formula is C29H28N4OS. The maximum Gasteiger partial charge on any atom is 0.267 e. The lowest BCUT2D eigenvalue weighted by atomic mass is 9.88. The Morgan fingerprint density at radius 3 is 2.63 bits per heavy atom. The van der Waals surface area contributed by atoms with Crippen LogP contribution in [-0.2, 0) is 11.3 Å². The number of hydrogen-bond donors (Lipinski definition) is 0. The van der Waals surface area contributed by atoms with Crippen molar-refractivity contribution in [3.8, 4) is 0 Å². The molecule has 176 valence electrons. The fourth-order valence-corrected chi connectivity index (χ4v) is 5.43. The predicted octanol–water partition coefficient (Wildman–Crippen LogP) is 6.52. The third-order valence-corrected chi connectivity index (χ3v) is 7.48. The number of aromatic nitrogens is 1. The van der Waals surface area contributed by atoms with Crippen LogP contribution in [0.15, 0.2) is 89.0 Å². The molecule has 0 unspecified atom stereocenters. The van der Waals surface area contributed by atoms with E-state index in [1.165, 1.54) is 28.6 Å². The van der Waals surface area contributed by atoms with Crippen molar-refractivity contribution in [2.75, 3.05) is 11.9 Å². The average Bonchev–Trinajstić information content (AvgIpc) is 3.12. The van der Waals surface area contributed by atoms with Crippen molar-refractivity contribution in [3.05, 3.63) is 101 Å². The van der Waals surface area contributed by atoms with Crippen LogP contribution < -0.4 is 4.90 Å². The van der Waals surface area contributed by atoms with E-state index in [1.54, 1.807) is 17.3 Å². The van der Waals surface area contributed by atoms with Crippen molar-refractivity contribution >= 4 is 45.9 Å². The topological polar surface area (TPSA) is 48.8 Å². The highest BCUT2D eigenvalue weighted by atomic mass is 32.2. The quantitative estimate of drug-likeness (QED) is 0.399. The third-order valence-electron chi connectivity index (χ3n) is 6.47. The van der Waals surface area contributed by atoms with Crippen molar-refractivity contribution in [1.82, 2.24) is 9.88 Å². The number of anilines is 1. The van der Waals surface area contributed by atoms with Gasteiger partial charge in [0, 0.05) is 30.7 Å². The number of amides is 1. The summed E-state index contributed by atoms with van der Waals surface area (Å²) in [5.41, 5.74) is 6.39. The fraction of sp³-hybridized carbons (Fsp3) is 0.207. The number of amidine groups is 1. The Labute approximate surface area is 210 Å². The number of rotatable bonds is 4. The van der Waals surface area contributed by atoms with Crippen LogP contribution in [0.2, 0.25) is 0 Å². The van der Waals surface area contributed by atoms with E-state index in [-0.39, 0.29) is 11.4 Å². The molecule has 0 bridgehead atoms. The Hall–Kier alpha value is -3.64. The zero-order valence-corrected chi connectivity index (χ0v) is 21.2. The van der Waals surface area contributed by atoms with Crippen LogP contribution in [0.3, 0.4) is 0 Å². The van der Waals surface area contributed by atoms with E-state index in [4.69, 9.17) is 4.99 Å². The van der Waals surface area contributed by atoms with Gasteiger partial charge in [0.2, 0.25) is 0 Å². The second kappa shape index (κ2) is 9.19. The van der Waals surface area contributed by atoms with Crippen molar-refractivity contribution in [1.29, 1.82) is 0 Å². The number of thioether (sulfide) groups is 1. The summed E-state index contributed by atoms with van der Waals surface area (Å²) in [6.07, 6.45) is 7.79. The monoisotopic (exact) mass is 480 g/mol. The lowest BCUT2D eigenvalue weighted by molar-refractivity contribution is -0.122. The van der Waals surface area contributed by atoms with Gasteiger partial charge in [-0.25, -0.2) is 4.99 Å². The lowest BCUT2D eigenvalue weighted by Crippen LogP contribution is -2.42. The average molecular weight is 481 g/mol. The van der Waals surface area contributed by atoms with Gasteiger partial charge in [-0.3, -0.25) is 14.7 Å². The van der Waals surface area contributed by atoms with Gasteiger partial charge in [-0.15, -0.1) is 0 Å². The minimum absolute atomic E-state index is 0.0378. The summed E-state index contributed by atoms with van der Waals surface area (Å²) < 4.78 is 0. The molecule has 0 radical (unpaired) electrons. The lowest BCUT2D eigenvalue weighted by Gasteiger charge is -2.40. The number of fused-ring (bicyclic) bond motifs is 1. The molecule has 6 heteroatoms.